The molecular formula is C10H11BrN4. The summed E-state index contributed by atoms with van der Waals surface area (Å²) in [4.78, 5) is 5.95. The molecule has 0 aliphatic carbocycles. The van der Waals surface area contributed by atoms with Crippen molar-refractivity contribution >= 4 is 33.6 Å². The Hall–Kier alpha value is -1.54. The van der Waals surface area contributed by atoms with Crippen LogP contribution in [0.1, 0.15) is 5.56 Å². The molecule has 0 amide bonds. The first kappa shape index (κ1) is 11.5. The number of nitrogens with zero attached hydrogens (tertiary/aromatic N) is 3. The van der Waals surface area contributed by atoms with Crippen molar-refractivity contribution in [3.63, 3.8) is 0 Å². The molecule has 5 heteroatoms. The van der Waals surface area contributed by atoms with Gasteiger partial charge in [0.2, 0.25) is 0 Å². The van der Waals surface area contributed by atoms with Crippen molar-refractivity contribution in [2.75, 3.05) is 19.8 Å². The van der Waals surface area contributed by atoms with E-state index in [0.717, 1.165) is 0 Å². The molecule has 0 aliphatic heterocycles. The second-order valence-electron chi connectivity index (χ2n) is 3.21. The van der Waals surface area contributed by atoms with Crippen LogP contribution in [0, 0.1) is 11.3 Å². The van der Waals surface area contributed by atoms with Crippen molar-refractivity contribution in [3.8, 4) is 6.07 Å². The van der Waals surface area contributed by atoms with Gasteiger partial charge in [0.1, 0.15) is 6.07 Å². The number of anilines is 1. The van der Waals surface area contributed by atoms with E-state index in [2.05, 4.69) is 27.0 Å². The zero-order valence-corrected chi connectivity index (χ0v) is 10.1. The van der Waals surface area contributed by atoms with Gasteiger partial charge < -0.3 is 10.6 Å². The fourth-order valence-corrected chi connectivity index (χ4v) is 1.30. The van der Waals surface area contributed by atoms with E-state index in [0.29, 0.717) is 21.4 Å². The first-order chi connectivity index (χ1) is 7.04. The van der Waals surface area contributed by atoms with Crippen molar-refractivity contribution < 1.29 is 0 Å². The molecule has 15 heavy (non-hydrogen) atoms. The molecule has 0 atom stereocenters. The van der Waals surface area contributed by atoms with Crippen molar-refractivity contribution in [1.82, 2.24) is 4.90 Å². The maximum absolute atomic E-state index is 8.90. The second kappa shape index (κ2) is 4.80. The second-order valence-corrected chi connectivity index (χ2v) is 4.07. The summed E-state index contributed by atoms with van der Waals surface area (Å²) in [5.74, 6) is 0. The highest BCUT2D eigenvalue weighted by Crippen LogP contribution is 2.28. The molecule has 1 aromatic rings. The minimum atomic E-state index is 0.495. The van der Waals surface area contributed by atoms with Crippen molar-refractivity contribution in [2.45, 2.75) is 0 Å². The molecule has 0 bridgehead atoms. The predicted molar refractivity (Wildman–Crippen MR) is 65.1 cm³/mol. The normalized spacial score (nSPS) is 10.3. The van der Waals surface area contributed by atoms with Crippen molar-refractivity contribution in [3.05, 3.63) is 22.2 Å². The van der Waals surface area contributed by atoms with Gasteiger partial charge in [0.25, 0.3) is 0 Å². The Balaban J connectivity index is 3.18. The minimum Gasteiger partial charge on any atom is -0.398 e. The van der Waals surface area contributed by atoms with Crippen LogP contribution in [-0.4, -0.2) is 25.3 Å². The largest absolute Gasteiger partial charge is 0.398 e. The maximum Gasteiger partial charge on any atom is 0.101 e. The van der Waals surface area contributed by atoms with Crippen LogP contribution in [0.4, 0.5) is 11.4 Å². The molecule has 0 aromatic heterocycles. The number of nitrogens with two attached hydrogens (primary N) is 1. The third kappa shape index (κ3) is 2.96. The van der Waals surface area contributed by atoms with Gasteiger partial charge in [-0.1, -0.05) is 0 Å². The van der Waals surface area contributed by atoms with E-state index in [9.17, 15) is 0 Å². The van der Waals surface area contributed by atoms with Crippen molar-refractivity contribution in [2.24, 2.45) is 4.99 Å². The lowest BCUT2D eigenvalue weighted by Gasteiger charge is -2.05. The standard InChI is InChI=1S/C10H11BrN4/c1-15(2)6-14-10-4-9(13)8(11)3-7(10)5-12/h3-4,6H,13H2,1-2H3. The Morgan fingerprint density at radius 2 is 2.20 bits per heavy atom. The summed E-state index contributed by atoms with van der Waals surface area (Å²) in [6, 6.07) is 5.40. The molecule has 4 nitrogen and oxygen atoms in total. The number of halogens is 1. The van der Waals surface area contributed by atoms with Crippen LogP contribution in [0.15, 0.2) is 21.6 Å². The van der Waals surface area contributed by atoms with Crippen LogP contribution < -0.4 is 5.73 Å². The Kier molecular flexibility index (Phi) is 3.69. The Labute approximate surface area is 97.1 Å². The monoisotopic (exact) mass is 266 g/mol. The first-order valence-corrected chi connectivity index (χ1v) is 5.03. The van der Waals surface area contributed by atoms with Gasteiger partial charge in [0.05, 0.1) is 17.6 Å². The third-order valence-corrected chi connectivity index (χ3v) is 2.35. The van der Waals surface area contributed by atoms with Gasteiger partial charge in [0.15, 0.2) is 0 Å². The average molecular weight is 267 g/mol. The van der Waals surface area contributed by atoms with Gasteiger partial charge in [-0.15, -0.1) is 0 Å². The first-order valence-electron chi connectivity index (χ1n) is 4.24. The highest BCUT2D eigenvalue weighted by molar-refractivity contribution is 9.10. The van der Waals surface area contributed by atoms with Crippen LogP contribution in [0.5, 0.6) is 0 Å². The molecule has 0 aliphatic rings. The quantitative estimate of drug-likeness (QED) is 0.507. The number of hydrogen-bond donors (Lipinski definition) is 1. The summed E-state index contributed by atoms with van der Waals surface area (Å²) >= 11 is 3.26. The lowest BCUT2D eigenvalue weighted by atomic mass is 10.2. The molecule has 0 saturated carbocycles. The van der Waals surface area contributed by atoms with E-state index in [4.69, 9.17) is 11.0 Å². The Morgan fingerprint density at radius 3 is 2.73 bits per heavy atom. The highest BCUT2D eigenvalue weighted by Gasteiger charge is 2.04. The van der Waals surface area contributed by atoms with Gasteiger partial charge in [-0.25, -0.2) is 4.99 Å². The van der Waals surface area contributed by atoms with Crippen molar-refractivity contribution in [1.29, 1.82) is 5.26 Å². The fourth-order valence-electron chi connectivity index (χ4n) is 0.952. The van der Waals surface area contributed by atoms with E-state index < -0.39 is 0 Å². The van der Waals surface area contributed by atoms with Crippen LogP contribution in [0.2, 0.25) is 0 Å². The smallest absolute Gasteiger partial charge is 0.101 e. The van der Waals surface area contributed by atoms with E-state index in [-0.39, 0.29) is 0 Å². The SMILES string of the molecule is CN(C)C=Nc1cc(N)c(Br)cc1C#N. The summed E-state index contributed by atoms with van der Waals surface area (Å²) in [5, 5.41) is 8.90. The van der Waals surface area contributed by atoms with Gasteiger partial charge >= 0.3 is 0 Å². The lowest BCUT2D eigenvalue weighted by Crippen LogP contribution is -2.07. The zero-order chi connectivity index (χ0) is 11.4. The molecule has 0 spiro atoms. The summed E-state index contributed by atoms with van der Waals surface area (Å²) in [7, 11) is 3.72. The topological polar surface area (TPSA) is 65.4 Å². The zero-order valence-electron chi connectivity index (χ0n) is 8.53. The number of benzene rings is 1. The molecule has 0 radical (unpaired) electrons. The van der Waals surface area contributed by atoms with Crippen LogP contribution >= 0.6 is 15.9 Å². The molecule has 0 unspecified atom stereocenters. The molecular weight excluding hydrogens is 256 g/mol. The number of rotatable bonds is 2. The molecule has 0 fully saturated rings. The predicted octanol–water partition coefficient (Wildman–Crippen LogP) is 2.12. The summed E-state index contributed by atoms with van der Waals surface area (Å²) < 4.78 is 0.711. The fraction of sp³-hybridized carbons (Fsp3) is 0.200. The van der Waals surface area contributed by atoms with E-state index in [1.807, 2.05) is 14.1 Å². The molecule has 78 valence electrons. The maximum atomic E-state index is 8.90. The molecule has 0 saturated heterocycles. The minimum absolute atomic E-state index is 0.495. The van der Waals surface area contributed by atoms with E-state index in [1.165, 1.54) is 0 Å². The Bertz CT molecular complexity index is 432. The van der Waals surface area contributed by atoms with Crippen LogP contribution in [0.25, 0.3) is 0 Å². The van der Waals surface area contributed by atoms with E-state index in [1.54, 1.807) is 23.4 Å². The van der Waals surface area contributed by atoms with Gasteiger partial charge in [-0.2, -0.15) is 5.26 Å². The van der Waals surface area contributed by atoms with Gasteiger partial charge in [0, 0.05) is 24.3 Å². The summed E-state index contributed by atoms with van der Waals surface area (Å²) in [6.45, 7) is 0. The number of nitrogen functional groups attached to an aromatic ring is 1. The number of hydrogen-bond acceptors (Lipinski definition) is 3. The lowest BCUT2D eigenvalue weighted by molar-refractivity contribution is 0.643. The highest BCUT2D eigenvalue weighted by atomic mass is 79.9. The third-order valence-electron chi connectivity index (χ3n) is 1.66. The van der Waals surface area contributed by atoms with Gasteiger partial charge in [-0.3, -0.25) is 0 Å². The van der Waals surface area contributed by atoms with E-state index >= 15 is 0 Å². The van der Waals surface area contributed by atoms with Crippen LogP contribution in [-0.2, 0) is 0 Å². The molecule has 0 heterocycles. The molecule has 2 N–H and O–H groups in total. The number of aliphatic imine (C=N–C) groups is 1. The van der Waals surface area contributed by atoms with Gasteiger partial charge in [-0.05, 0) is 28.1 Å². The van der Waals surface area contributed by atoms with Crippen LogP contribution in [0.3, 0.4) is 0 Å². The molecule has 1 rings (SSSR count). The summed E-state index contributed by atoms with van der Waals surface area (Å²) in [5.41, 5.74) is 7.35. The molecule has 1 aromatic carbocycles. The number of nitriles is 1. The Morgan fingerprint density at radius 1 is 1.53 bits per heavy atom. The summed E-state index contributed by atoms with van der Waals surface area (Å²) in [6.07, 6.45) is 1.63. The average Bonchev–Trinajstić information content (AvgIpc) is 2.19.